The van der Waals surface area contributed by atoms with Crippen LogP contribution in [0.25, 0.3) is 32.5 Å². The van der Waals surface area contributed by atoms with E-state index in [0.29, 0.717) is 11.1 Å². The van der Waals surface area contributed by atoms with Crippen molar-refractivity contribution < 1.29 is 13.2 Å². The lowest BCUT2D eigenvalue weighted by atomic mass is 9.77. The highest BCUT2D eigenvalue weighted by molar-refractivity contribution is 8.00. The summed E-state index contributed by atoms with van der Waals surface area (Å²) in [5, 5.41) is 5.19. The van der Waals surface area contributed by atoms with E-state index in [9.17, 15) is 13.2 Å². The number of pyridine rings is 1. The number of rotatable bonds is 7. The lowest BCUT2D eigenvalue weighted by Crippen LogP contribution is -2.38. The Morgan fingerprint density at radius 3 is 1.82 bits per heavy atom. The first-order chi connectivity index (χ1) is 21.9. The molecule has 3 aromatic heterocycles. The molecule has 3 heterocycles. The molecule has 0 unspecified atom stereocenters. The molecule has 0 aliphatic heterocycles. The molecule has 45 heavy (non-hydrogen) atoms. The van der Waals surface area contributed by atoms with Gasteiger partial charge in [0.25, 0.3) is 0 Å². The minimum absolute atomic E-state index is 0.00218. The summed E-state index contributed by atoms with van der Waals surface area (Å²) in [6, 6.07) is 40.0. The highest BCUT2D eigenvalue weighted by atomic mass is 32.2. The molecule has 0 aliphatic rings. The van der Waals surface area contributed by atoms with Crippen LogP contribution in [-0.2, 0) is 11.7 Å². The van der Waals surface area contributed by atoms with Crippen molar-refractivity contribution in [1.29, 1.82) is 0 Å². The predicted octanol–water partition coefficient (Wildman–Crippen LogP) is 10.4. The zero-order chi connectivity index (χ0) is 31.0. The number of halogens is 3. The topological polar surface area (TPSA) is 30.7 Å². The molecule has 0 atom stereocenters. The molecule has 0 aliphatic carbocycles. The summed E-state index contributed by atoms with van der Waals surface area (Å²) in [6.07, 6.45) is 0.603. The van der Waals surface area contributed by atoms with Crippen LogP contribution >= 0.6 is 23.1 Å². The van der Waals surface area contributed by atoms with E-state index < -0.39 is 17.4 Å². The molecule has 8 heteroatoms. The van der Waals surface area contributed by atoms with Gasteiger partial charge in [-0.15, -0.1) is 23.1 Å². The Bertz CT molecular complexity index is 1990. The van der Waals surface area contributed by atoms with E-state index in [1.54, 1.807) is 47.6 Å². The maximum atomic E-state index is 15.0. The van der Waals surface area contributed by atoms with Crippen LogP contribution in [0, 0.1) is 0 Å². The molecular formula is C37H26F3N3S2. The molecule has 0 fully saturated rings. The zero-order valence-corrected chi connectivity index (χ0v) is 25.7. The Morgan fingerprint density at radius 1 is 0.689 bits per heavy atom. The molecule has 0 spiro atoms. The van der Waals surface area contributed by atoms with E-state index in [4.69, 9.17) is 0 Å². The zero-order valence-electron chi connectivity index (χ0n) is 24.1. The van der Waals surface area contributed by atoms with Gasteiger partial charge in [-0.3, -0.25) is 9.67 Å². The van der Waals surface area contributed by atoms with Crippen molar-refractivity contribution in [2.75, 3.05) is 6.26 Å². The van der Waals surface area contributed by atoms with Gasteiger partial charge in [-0.05, 0) is 58.8 Å². The van der Waals surface area contributed by atoms with Gasteiger partial charge < -0.3 is 0 Å². The maximum absolute atomic E-state index is 15.0. The van der Waals surface area contributed by atoms with Crippen LogP contribution in [0.15, 0.2) is 144 Å². The Morgan fingerprint density at radius 2 is 1.29 bits per heavy atom. The van der Waals surface area contributed by atoms with Crippen molar-refractivity contribution in [3.05, 3.63) is 162 Å². The normalized spacial score (nSPS) is 12.1. The molecule has 0 saturated heterocycles. The number of alkyl halides is 3. The molecule has 7 rings (SSSR count). The molecule has 0 N–H and O–H groups in total. The van der Waals surface area contributed by atoms with Crippen molar-refractivity contribution in [3.63, 3.8) is 0 Å². The van der Waals surface area contributed by atoms with E-state index in [0.717, 1.165) is 36.7 Å². The summed E-state index contributed by atoms with van der Waals surface area (Å²) in [5.41, 5.74) is 2.30. The van der Waals surface area contributed by atoms with Gasteiger partial charge in [-0.1, -0.05) is 97.1 Å². The Balaban J connectivity index is 1.51. The number of thioether (sulfide) groups is 1. The Kier molecular flexibility index (Phi) is 7.55. The van der Waals surface area contributed by atoms with E-state index >= 15 is 0 Å². The molecule has 0 amide bonds. The molecule has 0 bridgehead atoms. The van der Waals surface area contributed by atoms with Crippen LogP contribution in [0.1, 0.15) is 22.4 Å². The standard InChI is InChI=1S/C37H26F3N3S2/c1-44-34-20-19-33(45-34)29-21-22-41-32-18-17-25(23-30(29)32)31-24-43(42-35(31)37(38,39)40)36(26-11-5-2-6-12-26,27-13-7-3-8-14-27)28-15-9-4-10-16-28/h2-24H,1H3. The van der Waals surface area contributed by atoms with E-state index in [-0.39, 0.29) is 5.56 Å². The van der Waals surface area contributed by atoms with Crippen molar-refractivity contribution >= 4 is 34.0 Å². The second-order valence-electron chi connectivity index (χ2n) is 10.6. The van der Waals surface area contributed by atoms with Gasteiger partial charge in [0.2, 0.25) is 0 Å². The maximum Gasteiger partial charge on any atom is 0.435 e. The Labute approximate surface area is 267 Å². The van der Waals surface area contributed by atoms with E-state index in [1.165, 1.54) is 4.68 Å². The minimum Gasteiger partial charge on any atom is -0.256 e. The van der Waals surface area contributed by atoms with Gasteiger partial charge in [-0.2, -0.15) is 18.3 Å². The van der Waals surface area contributed by atoms with Crippen molar-refractivity contribution in [1.82, 2.24) is 14.8 Å². The van der Waals surface area contributed by atoms with Crippen LogP contribution in [0.2, 0.25) is 0 Å². The molecule has 0 saturated carbocycles. The monoisotopic (exact) mass is 633 g/mol. The molecule has 3 nitrogen and oxygen atoms in total. The van der Waals surface area contributed by atoms with Crippen LogP contribution in [0.3, 0.4) is 0 Å². The number of nitrogens with zero attached hydrogens (tertiary/aromatic N) is 3. The van der Waals surface area contributed by atoms with Crippen molar-refractivity contribution in [2.45, 2.75) is 15.9 Å². The molecule has 7 aromatic rings. The largest absolute Gasteiger partial charge is 0.435 e. The highest BCUT2D eigenvalue weighted by Crippen LogP contribution is 2.45. The second kappa shape index (κ2) is 11.7. The predicted molar refractivity (Wildman–Crippen MR) is 178 cm³/mol. The number of fused-ring (bicyclic) bond motifs is 1. The Hall–Kier alpha value is -4.66. The summed E-state index contributed by atoms with van der Waals surface area (Å²) in [4.78, 5) is 5.55. The molecular weight excluding hydrogens is 608 g/mol. The van der Waals surface area contributed by atoms with Gasteiger partial charge in [0.1, 0.15) is 5.54 Å². The summed E-state index contributed by atoms with van der Waals surface area (Å²) in [6.45, 7) is 0. The molecule has 0 radical (unpaired) electrons. The highest BCUT2D eigenvalue weighted by Gasteiger charge is 2.44. The van der Waals surface area contributed by atoms with Crippen molar-refractivity contribution in [3.8, 4) is 21.6 Å². The smallest absolute Gasteiger partial charge is 0.256 e. The van der Waals surface area contributed by atoms with Gasteiger partial charge in [0.05, 0.1) is 9.73 Å². The third-order valence-corrected chi connectivity index (χ3v) is 10.2. The minimum atomic E-state index is -4.70. The third kappa shape index (κ3) is 5.14. The number of hydrogen-bond donors (Lipinski definition) is 0. The average Bonchev–Trinajstić information content (AvgIpc) is 3.75. The number of aromatic nitrogens is 3. The summed E-state index contributed by atoms with van der Waals surface area (Å²) in [5.74, 6) is 0. The van der Waals surface area contributed by atoms with Crippen LogP contribution in [0.4, 0.5) is 13.2 Å². The van der Waals surface area contributed by atoms with Crippen LogP contribution in [0.5, 0.6) is 0 Å². The third-order valence-electron chi connectivity index (χ3n) is 8.00. The summed E-state index contributed by atoms with van der Waals surface area (Å²) >= 11 is 3.31. The summed E-state index contributed by atoms with van der Waals surface area (Å²) in [7, 11) is 0. The van der Waals surface area contributed by atoms with Gasteiger partial charge in [0, 0.05) is 33.8 Å². The number of benzene rings is 4. The van der Waals surface area contributed by atoms with Gasteiger partial charge in [-0.25, -0.2) is 0 Å². The van der Waals surface area contributed by atoms with Gasteiger partial charge >= 0.3 is 6.18 Å². The van der Waals surface area contributed by atoms with E-state index in [1.807, 2.05) is 115 Å². The fraction of sp³-hybridized carbons (Fsp3) is 0.0811. The number of thiophene rings is 1. The van der Waals surface area contributed by atoms with Crippen molar-refractivity contribution in [2.24, 2.45) is 0 Å². The number of hydrogen-bond acceptors (Lipinski definition) is 4. The average molecular weight is 634 g/mol. The van der Waals surface area contributed by atoms with Crippen LogP contribution in [-0.4, -0.2) is 21.0 Å². The van der Waals surface area contributed by atoms with E-state index in [2.05, 4.69) is 16.1 Å². The SMILES string of the molecule is CSc1ccc(-c2ccnc3ccc(-c4cn(C(c5ccccc5)(c5ccccc5)c5ccccc5)nc4C(F)(F)F)cc23)s1. The molecule has 4 aromatic carbocycles. The molecule has 222 valence electrons. The first-order valence-electron chi connectivity index (χ1n) is 14.3. The van der Waals surface area contributed by atoms with Crippen LogP contribution < -0.4 is 0 Å². The second-order valence-corrected chi connectivity index (χ2v) is 12.7. The quantitative estimate of drug-likeness (QED) is 0.129. The first-order valence-corrected chi connectivity index (χ1v) is 16.3. The fourth-order valence-electron chi connectivity index (χ4n) is 6.00. The lowest BCUT2D eigenvalue weighted by molar-refractivity contribution is -0.141. The fourth-order valence-corrected chi connectivity index (χ4v) is 7.59. The van der Waals surface area contributed by atoms with Gasteiger partial charge in [0.15, 0.2) is 5.69 Å². The first kappa shape index (κ1) is 29.1. The lowest BCUT2D eigenvalue weighted by Gasteiger charge is -2.36. The summed E-state index contributed by atoms with van der Waals surface area (Å²) < 4.78 is 47.5.